The van der Waals surface area contributed by atoms with Gasteiger partial charge in [-0.2, -0.15) is 0 Å². The van der Waals surface area contributed by atoms with Crippen LogP contribution >= 0.6 is 12.4 Å². The summed E-state index contributed by atoms with van der Waals surface area (Å²) < 4.78 is 5.15. The molecule has 1 fully saturated rings. The number of nitrogens with two attached hydrogens (primary N) is 1. The Morgan fingerprint density at radius 1 is 1.25 bits per heavy atom. The van der Waals surface area contributed by atoms with Gasteiger partial charge in [-0.25, -0.2) is 0 Å². The van der Waals surface area contributed by atoms with Gasteiger partial charge in [0.25, 0.3) is 0 Å². The van der Waals surface area contributed by atoms with Gasteiger partial charge in [0.15, 0.2) is 0 Å². The highest BCUT2D eigenvalue weighted by Gasteiger charge is 2.23. The normalized spacial score (nSPS) is 16.1. The van der Waals surface area contributed by atoms with E-state index in [9.17, 15) is 4.79 Å². The molecule has 5 heteroatoms. The molecule has 1 atom stereocenters. The third-order valence-electron chi connectivity index (χ3n) is 4.85. The highest BCUT2D eigenvalue weighted by molar-refractivity contribution is 5.85. The molecule has 0 aliphatic heterocycles. The zero-order chi connectivity index (χ0) is 16.5. The highest BCUT2D eigenvalue weighted by atomic mass is 35.5. The van der Waals surface area contributed by atoms with Crippen molar-refractivity contribution in [3.8, 4) is 5.75 Å². The van der Waals surface area contributed by atoms with Gasteiger partial charge in [-0.05, 0) is 49.3 Å². The van der Waals surface area contributed by atoms with Crippen LogP contribution < -0.4 is 15.8 Å². The molecule has 136 valence electrons. The van der Waals surface area contributed by atoms with Crippen molar-refractivity contribution in [1.29, 1.82) is 0 Å². The summed E-state index contributed by atoms with van der Waals surface area (Å²) in [5, 5.41) is 3.16. The zero-order valence-electron chi connectivity index (χ0n) is 14.6. The molecule has 0 heterocycles. The quantitative estimate of drug-likeness (QED) is 0.751. The summed E-state index contributed by atoms with van der Waals surface area (Å²) in [5.41, 5.74) is 7.11. The SMILES string of the molecule is COc1ccc(CCCC(=O)NC(CN)C2CCCCC2)cc1.Cl. The molecule has 0 radical (unpaired) electrons. The maximum absolute atomic E-state index is 12.2. The number of hydrogen-bond acceptors (Lipinski definition) is 3. The number of rotatable bonds is 8. The molecule has 1 amide bonds. The lowest BCUT2D eigenvalue weighted by molar-refractivity contribution is -0.122. The van der Waals surface area contributed by atoms with E-state index in [0.717, 1.165) is 18.6 Å². The Morgan fingerprint density at radius 3 is 2.50 bits per heavy atom. The van der Waals surface area contributed by atoms with Crippen LogP contribution in [-0.2, 0) is 11.2 Å². The first-order chi connectivity index (χ1) is 11.2. The van der Waals surface area contributed by atoms with Crippen LogP contribution in [0.5, 0.6) is 5.75 Å². The van der Waals surface area contributed by atoms with Crippen LogP contribution in [0.4, 0.5) is 0 Å². The van der Waals surface area contributed by atoms with E-state index in [2.05, 4.69) is 17.4 Å². The molecule has 3 N–H and O–H groups in total. The summed E-state index contributed by atoms with van der Waals surface area (Å²) in [5.74, 6) is 1.57. The van der Waals surface area contributed by atoms with E-state index in [-0.39, 0.29) is 24.4 Å². The minimum absolute atomic E-state index is 0. The van der Waals surface area contributed by atoms with Crippen LogP contribution in [0.2, 0.25) is 0 Å². The fourth-order valence-corrected chi connectivity index (χ4v) is 3.43. The number of methoxy groups -OCH3 is 1. The van der Waals surface area contributed by atoms with Crippen molar-refractivity contribution in [2.45, 2.75) is 57.4 Å². The number of halogens is 1. The summed E-state index contributed by atoms with van der Waals surface area (Å²) >= 11 is 0. The van der Waals surface area contributed by atoms with E-state index in [0.29, 0.717) is 18.9 Å². The van der Waals surface area contributed by atoms with Gasteiger partial charge < -0.3 is 15.8 Å². The molecule has 0 aromatic heterocycles. The van der Waals surface area contributed by atoms with E-state index >= 15 is 0 Å². The molecule has 1 aliphatic rings. The Hall–Kier alpha value is -1.26. The molecule has 0 spiro atoms. The second-order valence-electron chi connectivity index (χ2n) is 6.51. The van der Waals surface area contributed by atoms with Gasteiger partial charge in [-0.3, -0.25) is 4.79 Å². The van der Waals surface area contributed by atoms with Gasteiger partial charge in [-0.15, -0.1) is 12.4 Å². The van der Waals surface area contributed by atoms with Crippen molar-refractivity contribution in [1.82, 2.24) is 5.32 Å². The van der Waals surface area contributed by atoms with Gasteiger partial charge in [-0.1, -0.05) is 31.4 Å². The van der Waals surface area contributed by atoms with Gasteiger partial charge in [0.05, 0.1) is 7.11 Å². The van der Waals surface area contributed by atoms with Crippen LogP contribution in [0.3, 0.4) is 0 Å². The fourth-order valence-electron chi connectivity index (χ4n) is 3.43. The summed E-state index contributed by atoms with van der Waals surface area (Å²) in [4.78, 5) is 12.2. The lowest BCUT2D eigenvalue weighted by atomic mass is 9.84. The molecule has 0 saturated heterocycles. The third kappa shape index (κ3) is 6.70. The van der Waals surface area contributed by atoms with E-state index in [1.54, 1.807) is 7.11 Å². The first-order valence-electron chi connectivity index (χ1n) is 8.85. The first kappa shape index (κ1) is 20.8. The number of hydrogen-bond donors (Lipinski definition) is 2. The smallest absolute Gasteiger partial charge is 0.220 e. The fraction of sp³-hybridized carbons (Fsp3) is 0.632. The monoisotopic (exact) mass is 354 g/mol. The van der Waals surface area contributed by atoms with Crippen LogP contribution in [0.1, 0.15) is 50.5 Å². The minimum Gasteiger partial charge on any atom is -0.497 e. The maximum atomic E-state index is 12.2. The minimum atomic E-state index is 0. The molecule has 1 aromatic rings. The number of carbonyl (C=O) groups excluding carboxylic acids is 1. The lowest BCUT2D eigenvalue weighted by Crippen LogP contribution is -2.45. The van der Waals surface area contributed by atoms with Crippen LogP contribution in [0.25, 0.3) is 0 Å². The maximum Gasteiger partial charge on any atom is 0.220 e. The van der Waals surface area contributed by atoms with E-state index in [1.165, 1.54) is 37.7 Å². The summed E-state index contributed by atoms with van der Waals surface area (Å²) in [6.45, 7) is 0.550. The second kappa shape index (κ2) is 11.3. The summed E-state index contributed by atoms with van der Waals surface area (Å²) in [7, 11) is 1.67. The van der Waals surface area contributed by atoms with Gasteiger partial charge >= 0.3 is 0 Å². The summed E-state index contributed by atoms with van der Waals surface area (Å²) in [6, 6.07) is 8.19. The van der Waals surface area contributed by atoms with E-state index in [4.69, 9.17) is 10.5 Å². The largest absolute Gasteiger partial charge is 0.497 e. The average molecular weight is 355 g/mol. The lowest BCUT2D eigenvalue weighted by Gasteiger charge is -2.30. The molecule has 1 unspecified atom stereocenters. The molecule has 0 bridgehead atoms. The molecular weight excluding hydrogens is 324 g/mol. The Morgan fingerprint density at radius 2 is 1.92 bits per heavy atom. The van der Waals surface area contributed by atoms with Crippen LogP contribution in [0, 0.1) is 5.92 Å². The predicted molar refractivity (Wildman–Crippen MR) is 101 cm³/mol. The molecule has 2 rings (SSSR count). The van der Waals surface area contributed by atoms with Crippen molar-refractivity contribution in [2.24, 2.45) is 11.7 Å². The Labute approximate surface area is 151 Å². The molecular formula is C19H31ClN2O2. The number of aryl methyl sites for hydroxylation is 1. The number of ether oxygens (including phenoxy) is 1. The second-order valence-corrected chi connectivity index (χ2v) is 6.51. The van der Waals surface area contributed by atoms with Crippen molar-refractivity contribution in [2.75, 3.05) is 13.7 Å². The van der Waals surface area contributed by atoms with Crippen molar-refractivity contribution in [3.05, 3.63) is 29.8 Å². The number of benzene rings is 1. The average Bonchev–Trinajstić information content (AvgIpc) is 2.61. The van der Waals surface area contributed by atoms with E-state index in [1.807, 2.05) is 12.1 Å². The standard InChI is InChI=1S/C19H30N2O2.ClH/c1-23-17-12-10-15(11-13-17)6-5-9-19(22)21-18(14-20)16-7-3-2-4-8-16;/h10-13,16,18H,2-9,14,20H2,1H3,(H,21,22);1H. The van der Waals surface area contributed by atoms with Crippen molar-refractivity contribution < 1.29 is 9.53 Å². The summed E-state index contributed by atoms with van der Waals surface area (Å²) in [6.07, 6.45) is 8.61. The van der Waals surface area contributed by atoms with Crippen LogP contribution in [0.15, 0.2) is 24.3 Å². The predicted octanol–water partition coefficient (Wildman–Crippen LogP) is 3.46. The van der Waals surface area contributed by atoms with Gasteiger partial charge in [0.1, 0.15) is 5.75 Å². The molecule has 1 aromatic carbocycles. The number of amides is 1. The Kier molecular flexibility index (Phi) is 9.80. The Balaban J connectivity index is 0.00000288. The van der Waals surface area contributed by atoms with Gasteiger partial charge in [0, 0.05) is 19.0 Å². The van der Waals surface area contributed by atoms with E-state index < -0.39 is 0 Å². The topological polar surface area (TPSA) is 64.3 Å². The van der Waals surface area contributed by atoms with Gasteiger partial charge in [0.2, 0.25) is 5.91 Å². The van der Waals surface area contributed by atoms with Crippen molar-refractivity contribution >= 4 is 18.3 Å². The molecule has 4 nitrogen and oxygen atoms in total. The number of nitrogens with one attached hydrogen (secondary N) is 1. The van der Waals surface area contributed by atoms with Crippen molar-refractivity contribution in [3.63, 3.8) is 0 Å². The third-order valence-corrected chi connectivity index (χ3v) is 4.85. The zero-order valence-corrected chi connectivity index (χ0v) is 15.4. The highest BCUT2D eigenvalue weighted by Crippen LogP contribution is 2.26. The molecule has 1 aliphatic carbocycles. The molecule has 24 heavy (non-hydrogen) atoms. The van der Waals surface area contributed by atoms with Crippen LogP contribution in [-0.4, -0.2) is 25.6 Å². The first-order valence-corrected chi connectivity index (χ1v) is 8.85. The Bertz CT molecular complexity index is 473. The molecule has 1 saturated carbocycles. The number of carbonyl (C=O) groups is 1.